The van der Waals surface area contributed by atoms with Gasteiger partial charge in [0.2, 0.25) is 0 Å². The summed E-state index contributed by atoms with van der Waals surface area (Å²) in [7, 11) is 0. The summed E-state index contributed by atoms with van der Waals surface area (Å²) in [5, 5.41) is 12.3. The second-order valence-electron chi connectivity index (χ2n) is 4.53. The molecule has 3 nitrogen and oxygen atoms in total. The van der Waals surface area contributed by atoms with Gasteiger partial charge in [-0.15, -0.1) is 0 Å². The Hall–Kier alpha value is -1.53. The van der Waals surface area contributed by atoms with E-state index in [0.29, 0.717) is 6.61 Å². The van der Waals surface area contributed by atoms with Crippen LogP contribution in [0.15, 0.2) is 18.2 Å². The number of likely N-dealkylation sites (N-methyl/N-ethyl adjacent to an activating group) is 1. The van der Waals surface area contributed by atoms with Crippen molar-refractivity contribution in [3.8, 4) is 11.8 Å². The predicted octanol–water partition coefficient (Wildman–Crippen LogP) is 2.57. The van der Waals surface area contributed by atoms with E-state index >= 15 is 0 Å². The molecule has 3 heteroatoms. The van der Waals surface area contributed by atoms with Gasteiger partial charge in [-0.25, -0.2) is 0 Å². The fourth-order valence-corrected chi connectivity index (χ4v) is 1.60. The van der Waals surface area contributed by atoms with Crippen LogP contribution in [0.1, 0.15) is 25.0 Å². The lowest BCUT2D eigenvalue weighted by atomic mass is 10.1. The summed E-state index contributed by atoms with van der Waals surface area (Å²) in [6, 6.07) is 8.33. The van der Waals surface area contributed by atoms with Gasteiger partial charge in [-0.2, -0.15) is 5.26 Å². The Kier molecular flexibility index (Phi) is 4.53. The van der Waals surface area contributed by atoms with Gasteiger partial charge in [0.25, 0.3) is 0 Å². The van der Waals surface area contributed by atoms with Crippen molar-refractivity contribution in [2.75, 3.05) is 13.2 Å². The predicted molar refractivity (Wildman–Crippen MR) is 69.1 cm³/mol. The minimum atomic E-state index is -0.634. The van der Waals surface area contributed by atoms with Gasteiger partial charge in [-0.05, 0) is 44.5 Å². The van der Waals surface area contributed by atoms with Gasteiger partial charge in [0.15, 0.2) is 0 Å². The monoisotopic (exact) mass is 232 g/mol. The first kappa shape index (κ1) is 13.5. The number of hydrogen-bond donors (Lipinski definition) is 1. The Morgan fingerprint density at radius 3 is 2.71 bits per heavy atom. The summed E-state index contributed by atoms with van der Waals surface area (Å²) in [6.07, 6.45) is 0. The zero-order valence-corrected chi connectivity index (χ0v) is 11.0. The van der Waals surface area contributed by atoms with Crippen molar-refractivity contribution in [3.05, 3.63) is 29.3 Å². The van der Waals surface area contributed by atoms with E-state index in [2.05, 4.69) is 17.5 Å². The largest absolute Gasteiger partial charge is 0.490 e. The standard InChI is InChI=1S/C14H20N2O/c1-5-16-14(4,9-15)10-17-13-8-11(2)6-7-12(13)3/h6-8,16H,5,10H2,1-4H3. The van der Waals surface area contributed by atoms with Crippen molar-refractivity contribution >= 4 is 0 Å². The van der Waals surface area contributed by atoms with Crippen LogP contribution in [0, 0.1) is 25.2 Å². The van der Waals surface area contributed by atoms with E-state index in [1.165, 1.54) is 0 Å². The smallest absolute Gasteiger partial charge is 0.138 e. The van der Waals surface area contributed by atoms with Crippen molar-refractivity contribution in [1.82, 2.24) is 5.32 Å². The summed E-state index contributed by atoms with van der Waals surface area (Å²) in [5.41, 5.74) is 1.62. The highest BCUT2D eigenvalue weighted by Crippen LogP contribution is 2.20. The zero-order chi connectivity index (χ0) is 12.9. The molecular formula is C14H20N2O. The molecule has 17 heavy (non-hydrogen) atoms. The quantitative estimate of drug-likeness (QED) is 0.848. The van der Waals surface area contributed by atoms with Crippen LogP contribution in [0.2, 0.25) is 0 Å². The number of aryl methyl sites for hydroxylation is 2. The van der Waals surface area contributed by atoms with Crippen LogP contribution in [-0.4, -0.2) is 18.7 Å². The maximum absolute atomic E-state index is 9.13. The fourth-order valence-electron chi connectivity index (χ4n) is 1.60. The molecule has 0 aliphatic rings. The maximum Gasteiger partial charge on any atom is 0.138 e. The molecule has 0 aromatic heterocycles. The number of nitriles is 1. The van der Waals surface area contributed by atoms with Crippen molar-refractivity contribution in [1.29, 1.82) is 5.26 Å². The molecule has 0 fully saturated rings. The normalized spacial score (nSPS) is 13.8. The molecule has 1 aromatic carbocycles. The third-order valence-corrected chi connectivity index (χ3v) is 2.67. The van der Waals surface area contributed by atoms with Crippen LogP contribution >= 0.6 is 0 Å². The van der Waals surface area contributed by atoms with E-state index in [9.17, 15) is 0 Å². The maximum atomic E-state index is 9.13. The first-order chi connectivity index (χ1) is 8.00. The second kappa shape index (κ2) is 5.70. The highest BCUT2D eigenvalue weighted by Gasteiger charge is 2.23. The summed E-state index contributed by atoms with van der Waals surface area (Å²) in [5.74, 6) is 0.851. The van der Waals surface area contributed by atoms with Gasteiger partial charge < -0.3 is 4.74 Å². The Balaban J connectivity index is 2.73. The van der Waals surface area contributed by atoms with E-state index in [1.807, 2.05) is 39.8 Å². The van der Waals surface area contributed by atoms with E-state index in [-0.39, 0.29) is 0 Å². The van der Waals surface area contributed by atoms with Crippen LogP contribution < -0.4 is 10.1 Å². The second-order valence-corrected chi connectivity index (χ2v) is 4.53. The molecule has 0 saturated heterocycles. The number of ether oxygens (including phenoxy) is 1. The summed E-state index contributed by atoms with van der Waals surface area (Å²) in [6.45, 7) is 8.96. The van der Waals surface area contributed by atoms with Crippen LogP contribution in [-0.2, 0) is 0 Å². The van der Waals surface area contributed by atoms with Crippen LogP contribution in [0.25, 0.3) is 0 Å². The molecular weight excluding hydrogens is 212 g/mol. The molecule has 0 saturated carbocycles. The molecule has 0 amide bonds. The lowest BCUT2D eigenvalue weighted by Gasteiger charge is -2.23. The number of hydrogen-bond acceptors (Lipinski definition) is 3. The Morgan fingerprint density at radius 1 is 1.41 bits per heavy atom. The molecule has 0 spiro atoms. The average Bonchev–Trinajstić information content (AvgIpc) is 2.31. The molecule has 0 radical (unpaired) electrons. The molecule has 0 heterocycles. The van der Waals surface area contributed by atoms with E-state index in [0.717, 1.165) is 23.4 Å². The average molecular weight is 232 g/mol. The molecule has 1 N–H and O–H groups in total. The molecule has 0 aliphatic carbocycles. The molecule has 1 aromatic rings. The van der Waals surface area contributed by atoms with Gasteiger partial charge in [0.1, 0.15) is 17.9 Å². The van der Waals surface area contributed by atoms with Gasteiger partial charge in [-0.1, -0.05) is 19.1 Å². The molecule has 0 bridgehead atoms. The Labute approximate surface area is 103 Å². The first-order valence-electron chi connectivity index (χ1n) is 5.87. The van der Waals surface area contributed by atoms with Gasteiger partial charge >= 0.3 is 0 Å². The number of nitrogens with one attached hydrogen (secondary N) is 1. The summed E-state index contributed by atoms with van der Waals surface area (Å²) >= 11 is 0. The minimum Gasteiger partial charge on any atom is -0.490 e. The highest BCUT2D eigenvalue weighted by atomic mass is 16.5. The molecule has 1 atom stereocenters. The van der Waals surface area contributed by atoms with Crippen LogP contribution in [0.4, 0.5) is 0 Å². The Bertz CT molecular complexity index is 423. The first-order valence-corrected chi connectivity index (χ1v) is 5.87. The van der Waals surface area contributed by atoms with Crippen LogP contribution in [0.3, 0.4) is 0 Å². The van der Waals surface area contributed by atoms with Crippen molar-refractivity contribution < 1.29 is 4.74 Å². The molecule has 1 rings (SSSR count). The van der Waals surface area contributed by atoms with Gasteiger partial charge in [0, 0.05) is 0 Å². The molecule has 0 aliphatic heterocycles. The third-order valence-electron chi connectivity index (χ3n) is 2.67. The van der Waals surface area contributed by atoms with Gasteiger partial charge in [-0.3, -0.25) is 5.32 Å². The lowest BCUT2D eigenvalue weighted by Crippen LogP contribution is -2.46. The van der Waals surface area contributed by atoms with Crippen molar-refractivity contribution in [3.63, 3.8) is 0 Å². The summed E-state index contributed by atoms with van der Waals surface area (Å²) in [4.78, 5) is 0. The number of nitrogens with zero attached hydrogens (tertiary/aromatic N) is 1. The summed E-state index contributed by atoms with van der Waals surface area (Å²) < 4.78 is 5.74. The molecule has 1 unspecified atom stereocenters. The number of rotatable bonds is 5. The SMILES string of the molecule is CCNC(C)(C#N)COc1cc(C)ccc1C. The van der Waals surface area contributed by atoms with E-state index < -0.39 is 5.54 Å². The van der Waals surface area contributed by atoms with Crippen molar-refractivity contribution in [2.45, 2.75) is 33.2 Å². The zero-order valence-electron chi connectivity index (χ0n) is 11.0. The third kappa shape index (κ3) is 3.76. The number of benzene rings is 1. The van der Waals surface area contributed by atoms with E-state index in [4.69, 9.17) is 10.00 Å². The minimum absolute atomic E-state index is 0.349. The van der Waals surface area contributed by atoms with Crippen molar-refractivity contribution in [2.24, 2.45) is 0 Å². The highest BCUT2D eigenvalue weighted by molar-refractivity contribution is 5.36. The Morgan fingerprint density at radius 2 is 2.12 bits per heavy atom. The fraction of sp³-hybridized carbons (Fsp3) is 0.500. The van der Waals surface area contributed by atoms with E-state index in [1.54, 1.807) is 0 Å². The topological polar surface area (TPSA) is 45.0 Å². The lowest BCUT2D eigenvalue weighted by molar-refractivity contribution is 0.235. The van der Waals surface area contributed by atoms with Crippen LogP contribution in [0.5, 0.6) is 5.75 Å². The molecule has 92 valence electrons. The van der Waals surface area contributed by atoms with Gasteiger partial charge in [0.05, 0.1) is 6.07 Å².